The lowest BCUT2D eigenvalue weighted by Gasteiger charge is -2.34. The fraction of sp³-hybridized carbons (Fsp3) is 0.500. The smallest absolute Gasteiger partial charge is 0.254 e. The van der Waals surface area contributed by atoms with Crippen LogP contribution < -0.4 is 9.47 Å². The molecule has 1 fully saturated rings. The van der Waals surface area contributed by atoms with E-state index in [0.29, 0.717) is 24.0 Å². The Labute approximate surface area is 208 Å². The van der Waals surface area contributed by atoms with Crippen LogP contribution in [0, 0.1) is 5.92 Å². The van der Waals surface area contributed by atoms with Crippen LogP contribution >= 0.6 is 24.8 Å². The van der Waals surface area contributed by atoms with Gasteiger partial charge in [-0.05, 0) is 74.0 Å². The molecule has 9 heteroatoms. The van der Waals surface area contributed by atoms with Crippen LogP contribution in [0.3, 0.4) is 0 Å². The summed E-state index contributed by atoms with van der Waals surface area (Å²) in [5.74, 6) is 1.94. The van der Waals surface area contributed by atoms with Crippen LogP contribution in [-0.4, -0.2) is 66.6 Å². The zero-order valence-electron chi connectivity index (χ0n) is 19.3. The Bertz CT molecular complexity index is 886. The maximum Gasteiger partial charge on any atom is 0.254 e. The van der Waals surface area contributed by atoms with Gasteiger partial charge in [0.25, 0.3) is 5.91 Å². The predicted octanol–water partition coefficient (Wildman–Crippen LogP) is 3.42. The summed E-state index contributed by atoms with van der Waals surface area (Å²) in [6.07, 6.45) is 8.38. The Hall–Kier alpha value is -2.06. The van der Waals surface area contributed by atoms with E-state index in [1.54, 1.807) is 14.2 Å². The Morgan fingerprint density at radius 2 is 1.91 bits per heavy atom. The topological polar surface area (TPSA) is 86.4 Å². The zero-order chi connectivity index (χ0) is 20.9. The third-order valence-corrected chi connectivity index (χ3v) is 6.23. The first-order valence-corrected chi connectivity index (χ1v) is 10.8. The van der Waals surface area contributed by atoms with Crippen molar-refractivity contribution >= 4 is 30.7 Å². The van der Waals surface area contributed by atoms with Crippen LogP contribution in [0.1, 0.15) is 40.7 Å². The number of benzene rings is 1. The van der Waals surface area contributed by atoms with Crippen molar-refractivity contribution in [3.8, 4) is 11.5 Å². The van der Waals surface area contributed by atoms with Crippen LogP contribution in [-0.2, 0) is 13.0 Å². The minimum atomic E-state index is 0. The Balaban J connectivity index is 0.00000181. The first kappa shape index (κ1) is 29.0. The van der Waals surface area contributed by atoms with Crippen LogP contribution in [0.2, 0.25) is 0 Å². The summed E-state index contributed by atoms with van der Waals surface area (Å²) in [7, 11) is 3.23. The third kappa shape index (κ3) is 6.96. The number of carbonyl (C=O) groups is 1. The maximum atomic E-state index is 13.0. The van der Waals surface area contributed by atoms with Gasteiger partial charge >= 0.3 is 0 Å². The predicted molar refractivity (Wildman–Crippen MR) is 134 cm³/mol. The van der Waals surface area contributed by atoms with Crippen molar-refractivity contribution in [2.24, 2.45) is 5.92 Å². The van der Waals surface area contributed by atoms with Gasteiger partial charge in [0.1, 0.15) is 0 Å². The summed E-state index contributed by atoms with van der Waals surface area (Å²) < 4.78 is 10.8. The van der Waals surface area contributed by atoms with E-state index < -0.39 is 0 Å². The molecular weight excluding hydrogens is 465 g/mol. The van der Waals surface area contributed by atoms with Crippen molar-refractivity contribution in [3.63, 3.8) is 0 Å². The first-order chi connectivity index (χ1) is 14.7. The van der Waals surface area contributed by atoms with Crippen LogP contribution in [0.15, 0.2) is 36.7 Å². The van der Waals surface area contributed by atoms with Gasteiger partial charge in [0.05, 0.1) is 14.2 Å². The molecule has 1 amide bonds. The molecule has 0 bridgehead atoms. The number of aryl methyl sites for hydroxylation is 1. The number of nitrogens with zero attached hydrogens (tertiary/aromatic N) is 3. The van der Waals surface area contributed by atoms with Crippen molar-refractivity contribution in [2.45, 2.75) is 32.2 Å². The minimum Gasteiger partial charge on any atom is -0.493 e. The number of hydrogen-bond donors (Lipinski definition) is 0. The fourth-order valence-corrected chi connectivity index (χ4v) is 4.71. The number of fused-ring (bicyclic) bond motifs is 1. The normalized spacial score (nSPS) is 17.3. The second kappa shape index (κ2) is 13.6. The second-order valence-electron chi connectivity index (χ2n) is 8.32. The number of carbonyl (C=O) groups excluding carboxylic acids is 1. The molecule has 2 N–H and O–H groups in total. The molecule has 1 aromatic heterocycles. The van der Waals surface area contributed by atoms with Crippen LogP contribution in [0.5, 0.6) is 11.5 Å². The van der Waals surface area contributed by atoms with Gasteiger partial charge in [0.2, 0.25) is 0 Å². The van der Waals surface area contributed by atoms with E-state index in [4.69, 9.17) is 9.47 Å². The van der Waals surface area contributed by atoms with Gasteiger partial charge in [0.15, 0.2) is 11.5 Å². The average Bonchev–Trinajstić information content (AvgIpc) is 3.08. The van der Waals surface area contributed by atoms with Crippen LogP contribution in [0.4, 0.5) is 0 Å². The highest BCUT2D eigenvalue weighted by atomic mass is 35.5. The second-order valence-corrected chi connectivity index (χ2v) is 8.32. The highest BCUT2D eigenvalue weighted by Gasteiger charge is 2.32. The van der Waals surface area contributed by atoms with E-state index >= 15 is 0 Å². The van der Waals surface area contributed by atoms with Crippen molar-refractivity contribution in [3.05, 3.63) is 53.3 Å². The summed E-state index contributed by atoms with van der Waals surface area (Å²) in [4.78, 5) is 21.7. The van der Waals surface area contributed by atoms with E-state index in [1.165, 1.54) is 18.4 Å². The summed E-state index contributed by atoms with van der Waals surface area (Å²) in [5, 5.41) is 0. The summed E-state index contributed by atoms with van der Waals surface area (Å²) in [6, 6.07) is 7.91. The highest BCUT2D eigenvalue weighted by Crippen LogP contribution is 2.35. The molecule has 1 aromatic carbocycles. The van der Waals surface area contributed by atoms with Gasteiger partial charge in [-0.25, -0.2) is 0 Å². The molecule has 1 saturated heterocycles. The molecule has 0 spiro atoms. The number of ether oxygens (including phenoxy) is 2. The molecule has 2 aromatic rings. The number of piperidine rings is 1. The van der Waals surface area contributed by atoms with Gasteiger partial charge in [-0.3, -0.25) is 9.78 Å². The Morgan fingerprint density at radius 1 is 1.15 bits per heavy atom. The van der Waals surface area contributed by atoms with E-state index in [9.17, 15) is 4.79 Å². The zero-order valence-corrected chi connectivity index (χ0v) is 20.9. The fourth-order valence-electron chi connectivity index (χ4n) is 4.71. The number of halogens is 2. The molecule has 3 heterocycles. The lowest BCUT2D eigenvalue weighted by molar-refractivity contribution is 0.0701. The number of rotatable bonds is 8. The Kier molecular flexibility index (Phi) is 11.9. The molecule has 0 radical (unpaired) electrons. The molecule has 0 aliphatic carbocycles. The molecule has 33 heavy (non-hydrogen) atoms. The summed E-state index contributed by atoms with van der Waals surface area (Å²) in [6.45, 7) is 4.81. The average molecular weight is 500 g/mol. The molecule has 4 rings (SSSR count). The summed E-state index contributed by atoms with van der Waals surface area (Å²) in [5.41, 5.74) is 3.08. The SMILES string of the molecule is COc1cc2c(cc1OC)C(=O)N(CC1CCCN(CCCc3cccnc3)C1)C2.Cl.Cl.O. The molecule has 7 nitrogen and oxygen atoms in total. The van der Waals surface area contributed by atoms with Gasteiger partial charge < -0.3 is 24.7 Å². The monoisotopic (exact) mass is 499 g/mol. The number of hydrogen-bond acceptors (Lipinski definition) is 5. The van der Waals surface area contributed by atoms with E-state index in [2.05, 4.69) is 16.0 Å². The maximum absolute atomic E-state index is 13.0. The lowest BCUT2D eigenvalue weighted by Crippen LogP contribution is -2.41. The van der Waals surface area contributed by atoms with Crippen molar-refractivity contribution < 1.29 is 19.7 Å². The molecule has 2 aliphatic rings. The van der Waals surface area contributed by atoms with Crippen molar-refractivity contribution in [1.29, 1.82) is 0 Å². The number of methoxy groups -OCH3 is 2. The van der Waals surface area contributed by atoms with Crippen molar-refractivity contribution in [1.82, 2.24) is 14.8 Å². The van der Waals surface area contributed by atoms with E-state index in [1.807, 2.05) is 35.5 Å². The lowest BCUT2D eigenvalue weighted by atomic mass is 9.97. The minimum absolute atomic E-state index is 0. The standard InChI is InChI=1S/C24H31N3O3.2ClH.H2O/c1-29-22-12-20-17-27(24(28)21(20)13-23(22)30-2)16-19-8-5-11-26(15-19)10-4-7-18-6-3-9-25-14-18;;;/h3,6,9,12-14,19H,4-5,7-8,10-11,15-17H2,1-2H3;2*1H;1H2. The molecule has 1 atom stereocenters. The number of pyridine rings is 1. The first-order valence-electron chi connectivity index (χ1n) is 10.8. The van der Waals surface area contributed by atoms with Gasteiger partial charge in [-0.1, -0.05) is 6.07 Å². The highest BCUT2D eigenvalue weighted by molar-refractivity contribution is 5.99. The quantitative estimate of drug-likeness (QED) is 0.555. The van der Waals surface area contributed by atoms with Gasteiger partial charge in [-0.15, -0.1) is 24.8 Å². The Morgan fingerprint density at radius 3 is 2.61 bits per heavy atom. The van der Waals surface area contributed by atoms with E-state index in [-0.39, 0.29) is 36.2 Å². The molecule has 1 unspecified atom stereocenters. The summed E-state index contributed by atoms with van der Waals surface area (Å²) >= 11 is 0. The third-order valence-electron chi connectivity index (χ3n) is 6.23. The molecular formula is C24H35Cl2N3O4. The van der Waals surface area contributed by atoms with Gasteiger partial charge in [0, 0.05) is 37.6 Å². The molecule has 184 valence electrons. The largest absolute Gasteiger partial charge is 0.493 e. The molecule has 2 aliphatic heterocycles. The van der Waals surface area contributed by atoms with Gasteiger partial charge in [-0.2, -0.15) is 0 Å². The number of likely N-dealkylation sites (tertiary alicyclic amines) is 1. The van der Waals surface area contributed by atoms with Crippen molar-refractivity contribution in [2.75, 3.05) is 40.4 Å². The molecule has 0 saturated carbocycles. The van der Waals surface area contributed by atoms with Crippen LogP contribution in [0.25, 0.3) is 0 Å². The number of aromatic nitrogens is 1. The number of amides is 1. The van der Waals surface area contributed by atoms with E-state index in [0.717, 1.165) is 50.1 Å².